The number of rotatable bonds is 5. The van der Waals surface area contributed by atoms with E-state index in [1.807, 2.05) is 0 Å². The molecule has 0 radical (unpaired) electrons. The number of carbonyl (C=O) groups excluding carboxylic acids is 1. The Bertz CT molecular complexity index is 753. The van der Waals surface area contributed by atoms with Crippen molar-refractivity contribution in [3.05, 3.63) is 65.2 Å². The smallest absolute Gasteiger partial charge is 0.234 e. The summed E-state index contributed by atoms with van der Waals surface area (Å²) in [5, 5.41) is 2.72. The number of hydrogen-bond donors (Lipinski definition) is 1. The van der Waals surface area contributed by atoms with Crippen molar-refractivity contribution in [1.82, 2.24) is 10.2 Å². The molecule has 1 saturated heterocycles. The highest BCUT2D eigenvalue weighted by molar-refractivity contribution is 5.78. The molecule has 1 fully saturated rings. The molecule has 0 unspecified atom stereocenters. The fourth-order valence-electron chi connectivity index (χ4n) is 3.16. The number of nitrogens with zero attached hydrogens (tertiary/aromatic N) is 2. The van der Waals surface area contributed by atoms with Crippen LogP contribution in [0.25, 0.3) is 0 Å². The quantitative estimate of drug-likeness (QED) is 0.892. The Kier molecular flexibility index (Phi) is 5.83. The molecule has 1 aliphatic rings. The minimum atomic E-state index is -0.637. The molecule has 1 N–H and O–H groups in total. The van der Waals surface area contributed by atoms with Gasteiger partial charge in [0.2, 0.25) is 5.91 Å². The Labute approximate surface area is 152 Å². The van der Waals surface area contributed by atoms with Crippen LogP contribution in [0.1, 0.15) is 11.1 Å². The van der Waals surface area contributed by atoms with Crippen molar-refractivity contribution in [2.75, 3.05) is 37.6 Å². The van der Waals surface area contributed by atoms with Crippen molar-refractivity contribution in [2.24, 2.45) is 0 Å². The van der Waals surface area contributed by atoms with Crippen LogP contribution in [0, 0.1) is 18.6 Å². The molecule has 0 aliphatic carbocycles. The highest BCUT2D eigenvalue weighted by atomic mass is 19.1. The molecular weight excluding hydrogens is 336 g/mol. The van der Waals surface area contributed by atoms with Crippen LogP contribution < -0.4 is 10.2 Å². The summed E-state index contributed by atoms with van der Waals surface area (Å²) < 4.78 is 26.3. The standard InChI is InChI=1S/C20H23F2N3O/c1-15-3-2-4-19(9-15)25-7-5-24(6-8-25)14-20(26)23-13-16-10-17(21)12-18(22)11-16/h2-4,9-12H,5-8,13-14H2,1H3,(H,23,26). The first-order valence-corrected chi connectivity index (χ1v) is 8.75. The van der Waals surface area contributed by atoms with Gasteiger partial charge in [-0.15, -0.1) is 0 Å². The Balaban J connectivity index is 1.44. The van der Waals surface area contributed by atoms with Gasteiger partial charge in [0.1, 0.15) is 11.6 Å². The normalized spacial score (nSPS) is 15.1. The van der Waals surface area contributed by atoms with Crippen molar-refractivity contribution >= 4 is 11.6 Å². The van der Waals surface area contributed by atoms with Crippen LogP contribution in [0.3, 0.4) is 0 Å². The van der Waals surface area contributed by atoms with Crippen molar-refractivity contribution in [3.63, 3.8) is 0 Å². The first-order valence-electron chi connectivity index (χ1n) is 8.75. The van der Waals surface area contributed by atoms with Crippen LogP contribution in [0.2, 0.25) is 0 Å². The number of hydrogen-bond acceptors (Lipinski definition) is 3. The van der Waals surface area contributed by atoms with E-state index in [1.165, 1.54) is 23.4 Å². The summed E-state index contributed by atoms with van der Waals surface area (Å²) in [5.41, 5.74) is 2.86. The van der Waals surface area contributed by atoms with Crippen molar-refractivity contribution in [2.45, 2.75) is 13.5 Å². The molecule has 1 amide bonds. The molecule has 26 heavy (non-hydrogen) atoms. The first-order chi connectivity index (χ1) is 12.5. The van der Waals surface area contributed by atoms with E-state index in [9.17, 15) is 13.6 Å². The van der Waals surface area contributed by atoms with Crippen LogP contribution in [-0.2, 0) is 11.3 Å². The maximum atomic E-state index is 13.2. The lowest BCUT2D eigenvalue weighted by molar-refractivity contribution is -0.122. The summed E-state index contributed by atoms with van der Waals surface area (Å²) >= 11 is 0. The van der Waals surface area contributed by atoms with Crippen molar-refractivity contribution < 1.29 is 13.6 Å². The van der Waals surface area contributed by atoms with E-state index in [4.69, 9.17) is 0 Å². The zero-order chi connectivity index (χ0) is 18.5. The number of carbonyl (C=O) groups is 1. The average Bonchev–Trinajstić information content (AvgIpc) is 2.60. The van der Waals surface area contributed by atoms with E-state index in [2.05, 4.69) is 46.3 Å². The molecule has 0 saturated carbocycles. The van der Waals surface area contributed by atoms with E-state index in [1.54, 1.807) is 0 Å². The van der Waals surface area contributed by atoms with E-state index in [-0.39, 0.29) is 12.5 Å². The molecule has 2 aromatic rings. The van der Waals surface area contributed by atoms with Crippen LogP contribution in [-0.4, -0.2) is 43.5 Å². The Morgan fingerprint density at radius 2 is 1.73 bits per heavy atom. The maximum Gasteiger partial charge on any atom is 0.234 e. The maximum absolute atomic E-state index is 13.2. The number of anilines is 1. The van der Waals surface area contributed by atoms with E-state index >= 15 is 0 Å². The van der Waals surface area contributed by atoms with Gasteiger partial charge < -0.3 is 10.2 Å². The second kappa shape index (κ2) is 8.27. The fraction of sp³-hybridized carbons (Fsp3) is 0.350. The summed E-state index contributed by atoms with van der Waals surface area (Å²) in [5.74, 6) is -1.42. The highest BCUT2D eigenvalue weighted by Crippen LogP contribution is 2.17. The zero-order valence-electron chi connectivity index (χ0n) is 14.8. The molecule has 1 aliphatic heterocycles. The van der Waals surface area contributed by atoms with E-state index in [0.717, 1.165) is 32.2 Å². The van der Waals surface area contributed by atoms with Gasteiger partial charge in [-0.2, -0.15) is 0 Å². The number of benzene rings is 2. The van der Waals surface area contributed by atoms with Crippen LogP contribution in [0.5, 0.6) is 0 Å². The monoisotopic (exact) mass is 359 g/mol. The Morgan fingerprint density at radius 3 is 2.38 bits per heavy atom. The average molecular weight is 359 g/mol. The van der Waals surface area contributed by atoms with Crippen LogP contribution >= 0.6 is 0 Å². The second-order valence-electron chi connectivity index (χ2n) is 6.66. The molecular formula is C20H23F2N3O. The van der Waals surface area contributed by atoms with Gasteiger partial charge in [0.15, 0.2) is 0 Å². The predicted octanol–water partition coefficient (Wildman–Crippen LogP) is 2.71. The molecule has 3 rings (SSSR count). The van der Waals surface area contributed by atoms with Gasteiger partial charge in [-0.3, -0.25) is 9.69 Å². The van der Waals surface area contributed by atoms with Gasteiger partial charge in [-0.25, -0.2) is 8.78 Å². The lowest BCUT2D eigenvalue weighted by atomic mass is 10.2. The topological polar surface area (TPSA) is 35.6 Å². The van der Waals surface area contributed by atoms with Gasteiger partial charge in [-0.05, 0) is 42.3 Å². The number of amides is 1. The molecule has 0 bridgehead atoms. The fourth-order valence-corrected chi connectivity index (χ4v) is 3.16. The lowest BCUT2D eigenvalue weighted by Crippen LogP contribution is -2.49. The molecule has 4 nitrogen and oxygen atoms in total. The van der Waals surface area contributed by atoms with Crippen molar-refractivity contribution in [3.8, 4) is 0 Å². The minimum absolute atomic E-state index is 0.122. The largest absolute Gasteiger partial charge is 0.369 e. The molecule has 6 heteroatoms. The third-order valence-corrected chi connectivity index (χ3v) is 4.52. The molecule has 0 atom stereocenters. The highest BCUT2D eigenvalue weighted by Gasteiger charge is 2.19. The number of aryl methyl sites for hydroxylation is 1. The molecule has 0 spiro atoms. The van der Waals surface area contributed by atoms with Gasteiger partial charge in [0.25, 0.3) is 0 Å². The molecule has 1 heterocycles. The van der Waals surface area contributed by atoms with Gasteiger partial charge in [0.05, 0.1) is 6.54 Å². The van der Waals surface area contributed by atoms with Crippen LogP contribution in [0.4, 0.5) is 14.5 Å². The van der Waals surface area contributed by atoms with Gasteiger partial charge in [-0.1, -0.05) is 12.1 Å². The summed E-state index contributed by atoms with van der Waals surface area (Å²) in [7, 11) is 0. The summed E-state index contributed by atoms with van der Waals surface area (Å²) in [6.07, 6.45) is 0. The molecule has 0 aromatic heterocycles. The number of halogens is 2. The summed E-state index contributed by atoms with van der Waals surface area (Å²) in [4.78, 5) is 16.5. The number of piperazine rings is 1. The third-order valence-electron chi connectivity index (χ3n) is 4.52. The lowest BCUT2D eigenvalue weighted by Gasteiger charge is -2.35. The SMILES string of the molecule is Cc1cccc(N2CCN(CC(=O)NCc3cc(F)cc(F)c3)CC2)c1. The molecule has 2 aromatic carbocycles. The van der Waals surface area contributed by atoms with E-state index in [0.29, 0.717) is 12.1 Å². The zero-order valence-corrected chi connectivity index (χ0v) is 14.8. The molecule has 138 valence electrons. The second-order valence-corrected chi connectivity index (χ2v) is 6.66. The van der Waals surface area contributed by atoms with Gasteiger partial charge >= 0.3 is 0 Å². The Hall–Kier alpha value is -2.47. The summed E-state index contributed by atoms with van der Waals surface area (Å²) in [6, 6.07) is 11.7. The van der Waals surface area contributed by atoms with Crippen molar-refractivity contribution in [1.29, 1.82) is 0 Å². The number of nitrogens with one attached hydrogen (secondary N) is 1. The van der Waals surface area contributed by atoms with Gasteiger partial charge in [0, 0.05) is 44.5 Å². The van der Waals surface area contributed by atoms with Crippen LogP contribution in [0.15, 0.2) is 42.5 Å². The minimum Gasteiger partial charge on any atom is -0.369 e. The predicted molar refractivity (Wildman–Crippen MR) is 98.0 cm³/mol. The Morgan fingerprint density at radius 1 is 1.04 bits per heavy atom. The first kappa shape index (κ1) is 18.3. The third kappa shape index (κ3) is 5.02. The van der Waals surface area contributed by atoms with E-state index < -0.39 is 11.6 Å². The summed E-state index contributed by atoms with van der Waals surface area (Å²) in [6.45, 7) is 5.83.